The van der Waals surface area contributed by atoms with Crippen LogP contribution in [-0.4, -0.2) is 38.4 Å². The molecule has 2 N–H and O–H groups in total. The molecule has 0 bridgehead atoms. The summed E-state index contributed by atoms with van der Waals surface area (Å²) < 4.78 is 43.3. The van der Waals surface area contributed by atoms with Gasteiger partial charge in [0, 0.05) is 0 Å². The predicted molar refractivity (Wildman–Crippen MR) is 87.0 cm³/mol. The van der Waals surface area contributed by atoms with Gasteiger partial charge in [0.15, 0.2) is 5.69 Å². The second-order valence-electron chi connectivity index (χ2n) is 5.27. The third-order valence-electron chi connectivity index (χ3n) is 3.44. The molecule has 0 fully saturated rings. The zero-order chi connectivity index (χ0) is 19.6. The van der Waals surface area contributed by atoms with E-state index in [9.17, 15) is 22.8 Å². The van der Waals surface area contributed by atoms with E-state index in [2.05, 4.69) is 25.3 Å². The standard InChI is InChI=1S/C16H12F3N5O3/c1-2-27-15(26)13-8(3-4-12(24-13)16(17,18)19)23-14(25)10-5-9-11(22-10)6-20-7-21-9/h3-7,22H,2H2,1H3,(H,23,25). The molecule has 0 aliphatic heterocycles. The predicted octanol–water partition coefficient (Wildman–Crippen LogP) is 2.80. The van der Waals surface area contributed by atoms with E-state index in [1.807, 2.05) is 0 Å². The van der Waals surface area contributed by atoms with E-state index in [1.54, 1.807) is 0 Å². The number of alkyl halides is 3. The van der Waals surface area contributed by atoms with Crippen molar-refractivity contribution in [3.8, 4) is 0 Å². The summed E-state index contributed by atoms with van der Waals surface area (Å²) in [4.78, 5) is 38.2. The third-order valence-corrected chi connectivity index (χ3v) is 3.44. The Morgan fingerprint density at radius 3 is 2.74 bits per heavy atom. The van der Waals surface area contributed by atoms with Gasteiger partial charge in [-0.2, -0.15) is 13.2 Å². The second-order valence-corrected chi connectivity index (χ2v) is 5.27. The fraction of sp³-hybridized carbons (Fsp3) is 0.188. The fourth-order valence-electron chi connectivity index (χ4n) is 2.25. The molecule has 0 saturated carbocycles. The third kappa shape index (κ3) is 3.86. The molecule has 8 nitrogen and oxygen atoms in total. The van der Waals surface area contributed by atoms with E-state index in [0.717, 1.165) is 6.07 Å². The van der Waals surface area contributed by atoms with Crippen molar-refractivity contribution in [2.24, 2.45) is 0 Å². The first kappa shape index (κ1) is 18.3. The smallest absolute Gasteiger partial charge is 0.433 e. The maximum atomic E-state index is 12.9. The van der Waals surface area contributed by atoms with Crippen molar-refractivity contribution in [1.82, 2.24) is 19.9 Å². The summed E-state index contributed by atoms with van der Waals surface area (Å²) in [6.45, 7) is 1.43. The number of aromatic amines is 1. The number of hydrogen-bond acceptors (Lipinski definition) is 6. The zero-order valence-electron chi connectivity index (χ0n) is 13.8. The molecule has 0 aromatic carbocycles. The van der Waals surface area contributed by atoms with Gasteiger partial charge in [-0.1, -0.05) is 0 Å². The molecule has 0 atom stereocenters. The van der Waals surface area contributed by atoms with Gasteiger partial charge in [0.05, 0.1) is 29.5 Å². The highest BCUT2D eigenvalue weighted by Gasteiger charge is 2.34. The van der Waals surface area contributed by atoms with E-state index in [0.29, 0.717) is 17.1 Å². The van der Waals surface area contributed by atoms with E-state index in [1.165, 1.54) is 25.5 Å². The number of nitrogens with one attached hydrogen (secondary N) is 2. The van der Waals surface area contributed by atoms with Crippen LogP contribution >= 0.6 is 0 Å². The summed E-state index contributed by atoms with van der Waals surface area (Å²) in [5.41, 5.74) is -1.07. The van der Waals surface area contributed by atoms with E-state index in [-0.39, 0.29) is 18.0 Å². The van der Waals surface area contributed by atoms with Crippen LogP contribution in [0, 0.1) is 0 Å². The Balaban J connectivity index is 1.94. The highest BCUT2D eigenvalue weighted by molar-refractivity contribution is 6.08. The molecule has 27 heavy (non-hydrogen) atoms. The van der Waals surface area contributed by atoms with Gasteiger partial charge in [0.25, 0.3) is 5.91 Å². The summed E-state index contributed by atoms with van der Waals surface area (Å²) in [6, 6.07) is 3.05. The lowest BCUT2D eigenvalue weighted by Gasteiger charge is -2.12. The van der Waals surface area contributed by atoms with Crippen LogP contribution < -0.4 is 5.32 Å². The zero-order valence-corrected chi connectivity index (χ0v) is 13.8. The van der Waals surface area contributed by atoms with Gasteiger partial charge in [-0.3, -0.25) is 4.79 Å². The summed E-state index contributed by atoms with van der Waals surface area (Å²) in [6.07, 6.45) is -1.99. The molecular weight excluding hydrogens is 367 g/mol. The van der Waals surface area contributed by atoms with Gasteiger partial charge in [-0.05, 0) is 25.1 Å². The number of fused-ring (bicyclic) bond motifs is 1. The molecule has 0 aliphatic rings. The van der Waals surface area contributed by atoms with E-state index in [4.69, 9.17) is 4.74 Å². The Kier molecular flexibility index (Phi) is 4.75. The van der Waals surface area contributed by atoms with Crippen LogP contribution in [0.3, 0.4) is 0 Å². The SMILES string of the molecule is CCOC(=O)c1nc(C(F)(F)F)ccc1NC(=O)c1cc2ncncc2[nH]1. The first-order valence-electron chi connectivity index (χ1n) is 7.65. The number of halogens is 3. The van der Waals surface area contributed by atoms with Gasteiger partial charge >= 0.3 is 12.1 Å². The van der Waals surface area contributed by atoms with Crippen molar-refractivity contribution in [2.45, 2.75) is 13.1 Å². The van der Waals surface area contributed by atoms with Crippen molar-refractivity contribution in [2.75, 3.05) is 11.9 Å². The molecule has 0 saturated heterocycles. The number of carbonyl (C=O) groups is 2. The molecule has 140 valence electrons. The number of aromatic nitrogens is 4. The maximum absolute atomic E-state index is 12.9. The van der Waals surface area contributed by atoms with Crippen molar-refractivity contribution >= 4 is 28.6 Å². The largest absolute Gasteiger partial charge is 0.461 e. The number of amides is 1. The van der Waals surface area contributed by atoms with Gasteiger partial charge in [-0.15, -0.1) is 0 Å². The van der Waals surface area contributed by atoms with Crippen LogP contribution in [0.25, 0.3) is 11.0 Å². The van der Waals surface area contributed by atoms with E-state index < -0.39 is 29.4 Å². The van der Waals surface area contributed by atoms with Gasteiger partial charge in [-0.25, -0.2) is 19.7 Å². The molecule has 3 heterocycles. The normalized spacial score (nSPS) is 11.4. The fourth-order valence-corrected chi connectivity index (χ4v) is 2.25. The Labute approximate surface area is 149 Å². The summed E-state index contributed by atoms with van der Waals surface area (Å²) in [5.74, 6) is -1.78. The average Bonchev–Trinajstić information content (AvgIpc) is 3.05. The van der Waals surface area contributed by atoms with Gasteiger partial charge < -0.3 is 15.0 Å². The van der Waals surface area contributed by atoms with Crippen LogP contribution in [0.4, 0.5) is 18.9 Å². The topological polar surface area (TPSA) is 110 Å². The van der Waals surface area contributed by atoms with Crippen molar-refractivity contribution in [3.05, 3.63) is 47.8 Å². The molecule has 0 radical (unpaired) electrons. The van der Waals surface area contributed by atoms with Crippen molar-refractivity contribution in [3.63, 3.8) is 0 Å². The summed E-state index contributed by atoms with van der Waals surface area (Å²) in [7, 11) is 0. The molecule has 3 aromatic rings. The quantitative estimate of drug-likeness (QED) is 0.675. The number of rotatable bonds is 4. The lowest BCUT2D eigenvalue weighted by Crippen LogP contribution is -2.19. The van der Waals surface area contributed by atoms with Gasteiger partial charge in [0.1, 0.15) is 17.7 Å². The Morgan fingerprint density at radius 2 is 2.07 bits per heavy atom. The van der Waals surface area contributed by atoms with Crippen LogP contribution in [0.15, 0.2) is 30.7 Å². The van der Waals surface area contributed by atoms with Crippen molar-refractivity contribution in [1.29, 1.82) is 0 Å². The maximum Gasteiger partial charge on any atom is 0.433 e. The number of anilines is 1. The average molecular weight is 379 g/mol. The number of carbonyl (C=O) groups excluding carboxylic acids is 2. The number of nitrogens with zero attached hydrogens (tertiary/aromatic N) is 3. The van der Waals surface area contributed by atoms with Crippen LogP contribution in [0.5, 0.6) is 0 Å². The number of hydrogen-bond donors (Lipinski definition) is 2. The molecule has 3 aromatic heterocycles. The number of ether oxygens (including phenoxy) is 1. The number of pyridine rings is 1. The molecule has 0 unspecified atom stereocenters. The summed E-state index contributed by atoms with van der Waals surface area (Å²) in [5, 5.41) is 2.36. The number of H-pyrrole nitrogens is 1. The minimum Gasteiger partial charge on any atom is -0.461 e. The molecule has 0 aliphatic carbocycles. The minimum atomic E-state index is -4.75. The highest BCUT2D eigenvalue weighted by atomic mass is 19.4. The lowest BCUT2D eigenvalue weighted by molar-refractivity contribution is -0.141. The molecule has 0 spiro atoms. The van der Waals surface area contributed by atoms with Gasteiger partial charge in [0.2, 0.25) is 0 Å². The second kappa shape index (κ2) is 7.02. The van der Waals surface area contributed by atoms with E-state index >= 15 is 0 Å². The Hall–Kier alpha value is -3.50. The van der Waals surface area contributed by atoms with Crippen LogP contribution in [0.1, 0.15) is 33.6 Å². The molecule has 1 amide bonds. The first-order chi connectivity index (χ1) is 12.8. The Morgan fingerprint density at radius 1 is 1.30 bits per heavy atom. The Bertz CT molecular complexity index is 983. The van der Waals surface area contributed by atoms with Crippen LogP contribution in [0.2, 0.25) is 0 Å². The monoisotopic (exact) mass is 379 g/mol. The number of esters is 1. The lowest BCUT2D eigenvalue weighted by atomic mass is 10.2. The summed E-state index contributed by atoms with van der Waals surface area (Å²) >= 11 is 0. The van der Waals surface area contributed by atoms with Crippen LogP contribution in [-0.2, 0) is 10.9 Å². The highest BCUT2D eigenvalue weighted by Crippen LogP contribution is 2.29. The van der Waals surface area contributed by atoms with Crippen molar-refractivity contribution < 1.29 is 27.5 Å². The first-order valence-corrected chi connectivity index (χ1v) is 7.65. The minimum absolute atomic E-state index is 0.0647. The molecule has 11 heteroatoms. The molecule has 3 rings (SSSR count). The molecular formula is C16H12F3N5O3.